The standard InChI is InChI=1S/C15H13FO/c1-2-13-9-6-10-14(15(13)16)17-11-12-7-4-3-5-8-12/h4,6-10H,2,11H2,1H3. The van der Waals surface area contributed by atoms with Crippen molar-refractivity contribution in [2.75, 3.05) is 6.61 Å². The van der Waals surface area contributed by atoms with Crippen molar-refractivity contribution in [3.63, 3.8) is 0 Å². The zero-order valence-corrected chi connectivity index (χ0v) is 9.66. The fourth-order valence-corrected chi connectivity index (χ4v) is 1.57. The minimum absolute atomic E-state index is 0.263. The van der Waals surface area contributed by atoms with Crippen LogP contribution in [0.5, 0.6) is 5.75 Å². The van der Waals surface area contributed by atoms with Gasteiger partial charge in [0.15, 0.2) is 11.6 Å². The fourth-order valence-electron chi connectivity index (χ4n) is 1.57. The number of aryl methyl sites for hydroxylation is 1. The van der Waals surface area contributed by atoms with Crippen LogP contribution in [0, 0.1) is 18.7 Å². The molecular weight excluding hydrogens is 215 g/mol. The molecule has 1 aromatic carbocycles. The quantitative estimate of drug-likeness (QED) is 0.767. The summed E-state index contributed by atoms with van der Waals surface area (Å²) in [6, 6.07) is 5.23. The Bertz CT molecular complexity index is 446. The molecule has 0 saturated heterocycles. The number of hydrogen-bond donors (Lipinski definition) is 0. The first-order valence-electron chi connectivity index (χ1n) is 5.58. The normalized spacial score (nSPS) is 14.6. The summed E-state index contributed by atoms with van der Waals surface area (Å²) >= 11 is 0. The largest absolute Gasteiger partial charge is 0.486 e. The predicted octanol–water partition coefficient (Wildman–Crippen LogP) is 3.43. The Morgan fingerprint density at radius 1 is 1.29 bits per heavy atom. The van der Waals surface area contributed by atoms with E-state index in [0.29, 0.717) is 24.3 Å². The lowest BCUT2D eigenvalue weighted by molar-refractivity contribution is 0.333. The van der Waals surface area contributed by atoms with E-state index in [1.807, 2.05) is 19.1 Å². The second-order valence-corrected chi connectivity index (χ2v) is 3.71. The molecule has 0 bridgehead atoms. The van der Waals surface area contributed by atoms with Gasteiger partial charge in [0, 0.05) is 12.8 Å². The molecule has 0 aliphatic heterocycles. The van der Waals surface area contributed by atoms with E-state index in [4.69, 9.17) is 4.74 Å². The number of ether oxygens (including phenoxy) is 1. The number of rotatable bonds is 4. The van der Waals surface area contributed by atoms with Crippen LogP contribution in [0.1, 0.15) is 12.5 Å². The van der Waals surface area contributed by atoms with Crippen molar-refractivity contribution in [2.45, 2.75) is 13.3 Å². The molecule has 1 aromatic rings. The third-order valence-corrected chi connectivity index (χ3v) is 2.54. The van der Waals surface area contributed by atoms with Crippen LogP contribution in [0.25, 0.3) is 0 Å². The highest BCUT2D eigenvalue weighted by Crippen LogP contribution is 2.21. The van der Waals surface area contributed by atoms with Crippen LogP contribution in [-0.4, -0.2) is 6.61 Å². The van der Waals surface area contributed by atoms with Gasteiger partial charge in [-0.1, -0.05) is 37.3 Å². The highest BCUT2D eigenvalue weighted by molar-refractivity contribution is 5.35. The Labute approximate surface area is 102 Å². The molecule has 86 valence electrons. The van der Waals surface area contributed by atoms with E-state index >= 15 is 0 Å². The number of hydrogen-bond acceptors (Lipinski definition) is 1. The Morgan fingerprint density at radius 2 is 2.18 bits per heavy atom. The first-order valence-corrected chi connectivity index (χ1v) is 5.58. The summed E-state index contributed by atoms with van der Waals surface area (Å²) < 4.78 is 19.3. The molecule has 1 aliphatic rings. The van der Waals surface area contributed by atoms with Gasteiger partial charge in [0.1, 0.15) is 6.61 Å². The van der Waals surface area contributed by atoms with E-state index in [0.717, 1.165) is 5.57 Å². The first-order chi connectivity index (χ1) is 8.31. The van der Waals surface area contributed by atoms with Crippen LogP contribution in [0.15, 0.2) is 42.0 Å². The van der Waals surface area contributed by atoms with Gasteiger partial charge in [-0.3, -0.25) is 0 Å². The summed E-state index contributed by atoms with van der Waals surface area (Å²) in [6.07, 6.45) is 11.7. The topological polar surface area (TPSA) is 9.23 Å². The van der Waals surface area contributed by atoms with Crippen LogP contribution in [0.4, 0.5) is 4.39 Å². The van der Waals surface area contributed by atoms with E-state index in [1.165, 1.54) is 0 Å². The molecule has 0 saturated carbocycles. The first kappa shape index (κ1) is 11.9. The van der Waals surface area contributed by atoms with Gasteiger partial charge in [-0.2, -0.15) is 0 Å². The van der Waals surface area contributed by atoms with Crippen molar-refractivity contribution in [3.05, 3.63) is 66.2 Å². The molecule has 1 nitrogen and oxygen atoms in total. The van der Waals surface area contributed by atoms with Crippen molar-refractivity contribution in [1.29, 1.82) is 0 Å². The fraction of sp³-hybridized carbons (Fsp3) is 0.200. The molecule has 0 fully saturated rings. The molecule has 1 aliphatic carbocycles. The summed E-state index contributed by atoms with van der Waals surface area (Å²) in [5.41, 5.74) is 1.63. The number of benzene rings is 1. The molecule has 2 rings (SSSR count). The van der Waals surface area contributed by atoms with Gasteiger partial charge in [-0.05, 0) is 23.6 Å². The highest BCUT2D eigenvalue weighted by Gasteiger charge is 2.08. The summed E-state index contributed by atoms with van der Waals surface area (Å²) in [6.45, 7) is 2.26. The summed E-state index contributed by atoms with van der Waals surface area (Å²) in [7, 11) is 0. The van der Waals surface area contributed by atoms with Gasteiger partial charge < -0.3 is 4.74 Å². The molecule has 2 heteroatoms. The van der Waals surface area contributed by atoms with E-state index in [-0.39, 0.29) is 5.82 Å². The zero-order valence-electron chi connectivity index (χ0n) is 9.66. The molecule has 0 heterocycles. The second kappa shape index (κ2) is 5.67. The zero-order chi connectivity index (χ0) is 12.1. The van der Waals surface area contributed by atoms with E-state index in [9.17, 15) is 4.39 Å². The number of halogens is 1. The average molecular weight is 228 g/mol. The Kier molecular flexibility index (Phi) is 3.97. The van der Waals surface area contributed by atoms with Crippen LogP contribution in [-0.2, 0) is 6.42 Å². The van der Waals surface area contributed by atoms with Crippen molar-refractivity contribution < 1.29 is 9.13 Å². The van der Waals surface area contributed by atoms with Crippen molar-refractivity contribution >= 4 is 0 Å². The molecule has 0 N–H and O–H groups in total. The maximum Gasteiger partial charge on any atom is 0.168 e. The maximum absolute atomic E-state index is 13.8. The van der Waals surface area contributed by atoms with Gasteiger partial charge >= 0.3 is 0 Å². The van der Waals surface area contributed by atoms with Crippen LogP contribution in [0.3, 0.4) is 0 Å². The van der Waals surface area contributed by atoms with Gasteiger partial charge in [-0.15, -0.1) is 0 Å². The SMILES string of the molecule is CCc1cccc(OCC2=C[C][C]C=C2)c1F. The molecule has 0 aromatic heterocycles. The Balaban J connectivity index is 2.04. The second-order valence-electron chi connectivity index (χ2n) is 3.71. The summed E-state index contributed by atoms with van der Waals surface area (Å²) in [4.78, 5) is 0. The average Bonchev–Trinajstić information content (AvgIpc) is 2.39. The smallest absolute Gasteiger partial charge is 0.168 e. The van der Waals surface area contributed by atoms with Gasteiger partial charge in [0.25, 0.3) is 0 Å². The van der Waals surface area contributed by atoms with Crippen molar-refractivity contribution in [1.82, 2.24) is 0 Å². The lowest BCUT2D eigenvalue weighted by atomic mass is 10.1. The molecular formula is C15H13FO. The molecule has 0 amide bonds. The minimum Gasteiger partial charge on any atom is -0.486 e. The molecule has 0 unspecified atom stereocenters. The van der Waals surface area contributed by atoms with E-state index in [1.54, 1.807) is 24.3 Å². The third kappa shape index (κ3) is 2.96. The third-order valence-electron chi connectivity index (χ3n) is 2.54. The van der Waals surface area contributed by atoms with Gasteiger partial charge in [0.05, 0.1) is 0 Å². The lowest BCUT2D eigenvalue weighted by Crippen LogP contribution is -2.04. The molecule has 0 atom stereocenters. The van der Waals surface area contributed by atoms with E-state index < -0.39 is 0 Å². The summed E-state index contributed by atoms with van der Waals surface area (Å²) in [5.74, 6) is 0.0404. The predicted molar refractivity (Wildman–Crippen MR) is 65.0 cm³/mol. The maximum atomic E-state index is 13.8. The van der Waals surface area contributed by atoms with Crippen LogP contribution in [0.2, 0.25) is 0 Å². The van der Waals surface area contributed by atoms with Crippen molar-refractivity contribution in [2.24, 2.45) is 0 Å². The molecule has 0 spiro atoms. The molecule has 4 radical (unpaired) electrons. The minimum atomic E-state index is -0.263. The van der Waals surface area contributed by atoms with Crippen LogP contribution >= 0.6 is 0 Å². The Morgan fingerprint density at radius 3 is 2.88 bits per heavy atom. The van der Waals surface area contributed by atoms with Gasteiger partial charge in [-0.25, -0.2) is 4.39 Å². The van der Waals surface area contributed by atoms with Gasteiger partial charge in [0.2, 0.25) is 0 Å². The Hall–Kier alpha value is -1.57. The number of allylic oxidation sites excluding steroid dienone is 2. The van der Waals surface area contributed by atoms with E-state index in [2.05, 4.69) is 12.8 Å². The lowest BCUT2D eigenvalue weighted by Gasteiger charge is -2.11. The summed E-state index contributed by atoms with van der Waals surface area (Å²) in [5, 5.41) is 0. The highest BCUT2D eigenvalue weighted by atomic mass is 19.1. The van der Waals surface area contributed by atoms with Crippen molar-refractivity contribution in [3.8, 4) is 5.75 Å². The molecule has 17 heavy (non-hydrogen) atoms. The monoisotopic (exact) mass is 228 g/mol. The van der Waals surface area contributed by atoms with Crippen LogP contribution < -0.4 is 4.74 Å².